The first-order chi connectivity index (χ1) is 14.9. The first-order valence-electron chi connectivity index (χ1n) is 10.6. The second-order valence-electron chi connectivity index (χ2n) is 7.38. The summed E-state index contributed by atoms with van der Waals surface area (Å²) in [5, 5.41) is -0.509. The Balaban J connectivity index is 1.99. The molecule has 0 aliphatic carbocycles. The molecule has 6 nitrogen and oxygen atoms in total. The number of hydrogen-bond donors (Lipinski definition) is 0. The summed E-state index contributed by atoms with van der Waals surface area (Å²) < 4.78 is 50.0. The molecule has 8 heteroatoms. The number of nitrogens with zero attached hydrogens (tertiary/aromatic N) is 1. The van der Waals surface area contributed by atoms with Crippen LogP contribution in [0.15, 0.2) is 47.5 Å². The molecule has 1 unspecified atom stereocenters. The zero-order valence-corrected chi connectivity index (χ0v) is 18.9. The third-order valence-corrected chi connectivity index (χ3v) is 6.54. The molecule has 0 spiro atoms. The quantitative estimate of drug-likeness (QED) is 0.324. The fraction of sp³-hybridized carbons (Fsp3) is 0.478. The highest BCUT2D eigenvalue weighted by Gasteiger charge is 2.24. The number of rotatable bonds is 13. The molecule has 1 heterocycles. The summed E-state index contributed by atoms with van der Waals surface area (Å²) >= 11 is 0. The number of hydrogen-bond acceptors (Lipinski definition) is 6. The van der Waals surface area contributed by atoms with Gasteiger partial charge in [-0.1, -0.05) is 63.4 Å². The second-order valence-corrected chi connectivity index (χ2v) is 9.40. The summed E-state index contributed by atoms with van der Waals surface area (Å²) in [7, 11) is -4.05. The van der Waals surface area contributed by atoms with E-state index in [1.807, 2.05) is 37.3 Å². The summed E-state index contributed by atoms with van der Waals surface area (Å²) in [6.45, 7) is 4.51. The van der Waals surface area contributed by atoms with Crippen molar-refractivity contribution in [3.63, 3.8) is 0 Å². The lowest BCUT2D eigenvalue weighted by Crippen LogP contribution is -2.18. The van der Waals surface area contributed by atoms with Crippen LogP contribution in [0.2, 0.25) is 0 Å². The van der Waals surface area contributed by atoms with Crippen molar-refractivity contribution in [1.82, 2.24) is 4.98 Å². The molecule has 0 aliphatic rings. The first-order valence-corrected chi connectivity index (χ1v) is 12.2. The zero-order chi connectivity index (χ0) is 22.7. The number of benzene rings is 1. The average Bonchev–Trinajstić information content (AvgIpc) is 2.77. The van der Waals surface area contributed by atoms with Gasteiger partial charge in [-0.2, -0.15) is 4.39 Å². The predicted octanol–water partition coefficient (Wildman–Crippen LogP) is 4.72. The Bertz CT molecular complexity index is 934. The van der Waals surface area contributed by atoms with E-state index >= 15 is 0 Å². The second kappa shape index (κ2) is 12.4. The maximum Gasteiger partial charge on any atom is 0.306 e. The number of carbonyl (C=O) groups excluding carboxylic acids is 1. The number of unbranched alkanes of at least 4 members (excludes halogenated alkanes) is 1. The van der Waals surface area contributed by atoms with Crippen molar-refractivity contribution in [2.75, 3.05) is 12.4 Å². The normalized spacial score (nSPS) is 12.4. The van der Waals surface area contributed by atoms with E-state index in [1.54, 1.807) is 0 Å². The largest absolute Gasteiger partial charge is 0.486 e. The number of esters is 1. The molecule has 31 heavy (non-hydrogen) atoms. The number of ether oxygens (including phenoxy) is 2. The Morgan fingerprint density at radius 1 is 1.13 bits per heavy atom. The minimum atomic E-state index is -4.05. The number of aromatic nitrogens is 1. The van der Waals surface area contributed by atoms with Crippen molar-refractivity contribution < 1.29 is 27.1 Å². The topological polar surface area (TPSA) is 82.6 Å². The van der Waals surface area contributed by atoms with Crippen molar-refractivity contribution in [1.29, 1.82) is 0 Å². The summed E-state index contributed by atoms with van der Waals surface area (Å²) in [5.74, 6) is -1.85. The minimum Gasteiger partial charge on any atom is -0.486 e. The van der Waals surface area contributed by atoms with Crippen molar-refractivity contribution in [2.45, 2.75) is 57.6 Å². The lowest BCUT2D eigenvalue weighted by molar-refractivity contribution is -0.144. The van der Waals surface area contributed by atoms with Gasteiger partial charge in [0.1, 0.15) is 6.61 Å². The van der Waals surface area contributed by atoms with E-state index < -0.39 is 32.5 Å². The molecule has 0 saturated carbocycles. The van der Waals surface area contributed by atoms with Crippen molar-refractivity contribution in [2.24, 2.45) is 5.92 Å². The summed E-state index contributed by atoms with van der Waals surface area (Å²) in [6.07, 6.45) is 3.65. The molecule has 2 aromatic rings. The van der Waals surface area contributed by atoms with Gasteiger partial charge in [0.2, 0.25) is 5.95 Å². The molecule has 0 aliphatic heterocycles. The molecule has 0 N–H and O–H groups in total. The maximum atomic E-state index is 13.7. The van der Waals surface area contributed by atoms with Crippen LogP contribution in [-0.4, -0.2) is 31.7 Å². The smallest absolute Gasteiger partial charge is 0.306 e. The Kier molecular flexibility index (Phi) is 9.91. The summed E-state index contributed by atoms with van der Waals surface area (Å²) in [5.41, 5.74) is 0.826. The van der Waals surface area contributed by atoms with E-state index in [2.05, 4.69) is 11.9 Å². The molecule has 170 valence electrons. The van der Waals surface area contributed by atoms with Gasteiger partial charge in [-0.15, -0.1) is 0 Å². The van der Waals surface area contributed by atoms with E-state index in [0.717, 1.165) is 37.3 Å². The third kappa shape index (κ3) is 8.28. The number of halogens is 1. The number of sulfone groups is 1. The van der Waals surface area contributed by atoms with Crippen molar-refractivity contribution >= 4 is 15.8 Å². The maximum absolute atomic E-state index is 13.7. The predicted molar refractivity (Wildman–Crippen MR) is 116 cm³/mol. The zero-order valence-electron chi connectivity index (χ0n) is 18.1. The van der Waals surface area contributed by atoms with Crippen LogP contribution in [-0.2, 0) is 26.0 Å². The summed E-state index contributed by atoms with van der Waals surface area (Å²) in [4.78, 5) is 15.6. The van der Waals surface area contributed by atoms with Crippen LogP contribution >= 0.6 is 0 Å². The van der Waals surface area contributed by atoms with Crippen LogP contribution in [0, 0.1) is 11.9 Å². The highest BCUT2D eigenvalue weighted by molar-refractivity contribution is 7.91. The monoisotopic (exact) mass is 451 g/mol. The Morgan fingerprint density at radius 3 is 2.55 bits per heavy atom. The SMILES string of the molecule is CCCCC(CC)COC(=O)CCS(=O)(=O)c1nc(F)ccc1OCc1ccccc1. The van der Waals surface area contributed by atoms with Crippen molar-refractivity contribution in [3.8, 4) is 5.75 Å². The molecule has 0 bridgehead atoms. The molecule has 0 fully saturated rings. The molecule has 2 rings (SSSR count). The Labute approximate surface area is 183 Å². The van der Waals surface area contributed by atoms with Gasteiger partial charge in [0.15, 0.2) is 20.6 Å². The van der Waals surface area contributed by atoms with Crippen LogP contribution in [0.25, 0.3) is 0 Å². The van der Waals surface area contributed by atoms with Gasteiger partial charge in [-0.3, -0.25) is 4.79 Å². The first kappa shape index (κ1) is 24.8. The van der Waals surface area contributed by atoms with E-state index in [-0.39, 0.29) is 31.3 Å². The van der Waals surface area contributed by atoms with Gasteiger partial charge in [0.25, 0.3) is 0 Å². The van der Waals surface area contributed by atoms with E-state index in [0.29, 0.717) is 0 Å². The lowest BCUT2D eigenvalue weighted by Gasteiger charge is -2.15. The van der Waals surface area contributed by atoms with Gasteiger partial charge in [-0.05, 0) is 30.0 Å². The Morgan fingerprint density at radius 2 is 1.87 bits per heavy atom. The van der Waals surface area contributed by atoms with Crippen LogP contribution in [0.5, 0.6) is 5.75 Å². The molecular weight excluding hydrogens is 421 g/mol. The minimum absolute atomic E-state index is 0.0516. The lowest BCUT2D eigenvalue weighted by atomic mass is 10.0. The standard InChI is InChI=1S/C23H30FNO5S/c1-3-5-9-18(4-2)16-30-22(26)14-15-31(27,28)23-20(12-13-21(24)25-23)29-17-19-10-7-6-8-11-19/h6-8,10-13,18H,3-5,9,14-17H2,1-2H3. The molecule has 0 amide bonds. The fourth-order valence-corrected chi connectivity index (χ4v) is 4.26. The van der Waals surface area contributed by atoms with Crippen LogP contribution in [0.1, 0.15) is 51.5 Å². The van der Waals surface area contributed by atoms with Gasteiger partial charge >= 0.3 is 5.97 Å². The van der Waals surface area contributed by atoms with E-state index in [4.69, 9.17) is 9.47 Å². The number of carbonyl (C=O) groups is 1. The van der Waals surface area contributed by atoms with Crippen LogP contribution in [0.4, 0.5) is 4.39 Å². The van der Waals surface area contributed by atoms with Gasteiger partial charge < -0.3 is 9.47 Å². The van der Waals surface area contributed by atoms with Gasteiger partial charge in [0.05, 0.1) is 18.8 Å². The third-order valence-electron chi connectivity index (χ3n) is 4.92. The molecule has 1 atom stereocenters. The number of pyridine rings is 1. The molecule has 1 aromatic heterocycles. The molecule has 0 saturated heterocycles. The Hall–Kier alpha value is -2.48. The van der Waals surface area contributed by atoms with Crippen molar-refractivity contribution in [3.05, 3.63) is 54.0 Å². The van der Waals surface area contributed by atoms with Crippen LogP contribution < -0.4 is 4.74 Å². The van der Waals surface area contributed by atoms with E-state index in [1.165, 1.54) is 6.07 Å². The highest BCUT2D eigenvalue weighted by atomic mass is 32.2. The molecular formula is C23H30FNO5S. The molecule has 0 radical (unpaired) electrons. The summed E-state index contributed by atoms with van der Waals surface area (Å²) in [6, 6.07) is 11.4. The average molecular weight is 452 g/mol. The van der Waals surface area contributed by atoms with E-state index in [9.17, 15) is 17.6 Å². The highest BCUT2D eigenvalue weighted by Crippen LogP contribution is 2.25. The van der Waals surface area contributed by atoms with Gasteiger partial charge in [0, 0.05) is 0 Å². The fourth-order valence-electron chi connectivity index (χ4n) is 2.97. The molecule has 1 aromatic carbocycles. The van der Waals surface area contributed by atoms with Crippen LogP contribution in [0.3, 0.4) is 0 Å². The van der Waals surface area contributed by atoms with Gasteiger partial charge in [-0.25, -0.2) is 13.4 Å².